The molecule has 0 heterocycles. The lowest BCUT2D eigenvalue weighted by Crippen LogP contribution is -2.10. The summed E-state index contributed by atoms with van der Waals surface area (Å²) in [4.78, 5) is 4.69. The fraction of sp³-hybridized carbons (Fsp3) is 0. The van der Waals surface area contributed by atoms with E-state index in [9.17, 15) is 0 Å². The quantitative estimate of drug-likeness (QED) is 0.145. The molecule has 0 saturated carbocycles. The van der Waals surface area contributed by atoms with Crippen LogP contribution in [-0.2, 0) is 0 Å². The zero-order valence-corrected chi connectivity index (χ0v) is 32.0. The Labute approximate surface area is 340 Å². The summed E-state index contributed by atoms with van der Waals surface area (Å²) >= 11 is 0. The van der Waals surface area contributed by atoms with Crippen molar-refractivity contribution in [3.8, 4) is 33.4 Å². The molecule has 0 fully saturated rings. The zero-order valence-electron chi connectivity index (χ0n) is 32.0. The minimum Gasteiger partial charge on any atom is -0.310 e. The molecule has 0 unspecified atom stereocenters. The molecule has 0 aliphatic rings. The van der Waals surface area contributed by atoms with Crippen molar-refractivity contribution in [2.75, 3.05) is 9.80 Å². The van der Waals surface area contributed by atoms with Gasteiger partial charge in [-0.2, -0.15) is 0 Å². The molecule has 0 aliphatic heterocycles. The molecule has 0 saturated heterocycles. The molecule has 0 atom stereocenters. The molecule has 0 amide bonds. The van der Waals surface area contributed by atoms with Crippen molar-refractivity contribution in [1.82, 2.24) is 0 Å². The van der Waals surface area contributed by atoms with E-state index in [1.54, 1.807) is 0 Å². The first-order chi connectivity index (χ1) is 28.7. The van der Waals surface area contributed by atoms with Crippen LogP contribution in [0.15, 0.2) is 243 Å². The summed E-state index contributed by atoms with van der Waals surface area (Å²) in [6.45, 7) is 0. The second-order valence-corrected chi connectivity index (χ2v) is 14.7. The Bertz CT molecular complexity index is 2750. The zero-order chi connectivity index (χ0) is 38.7. The monoisotopic (exact) mass is 740 g/mol. The molecule has 0 radical (unpaired) electrons. The average molecular weight is 741 g/mol. The highest BCUT2D eigenvalue weighted by Gasteiger charge is 2.16. The highest BCUT2D eigenvalue weighted by Crippen LogP contribution is 2.40. The maximum atomic E-state index is 2.35. The van der Waals surface area contributed by atoms with Gasteiger partial charge < -0.3 is 9.80 Å². The summed E-state index contributed by atoms with van der Waals surface area (Å²) in [5.74, 6) is 0. The van der Waals surface area contributed by atoms with Crippen LogP contribution in [0.1, 0.15) is 0 Å². The van der Waals surface area contributed by atoms with Gasteiger partial charge in [0.2, 0.25) is 0 Å². The van der Waals surface area contributed by atoms with Gasteiger partial charge >= 0.3 is 0 Å². The van der Waals surface area contributed by atoms with Gasteiger partial charge in [-0.1, -0.05) is 170 Å². The molecule has 2 heteroatoms. The molecule has 0 aliphatic carbocycles. The molecule has 0 aromatic heterocycles. The smallest absolute Gasteiger partial charge is 0.0468 e. The largest absolute Gasteiger partial charge is 0.310 e. The first kappa shape index (κ1) is 34.8. The van der Waals surface area contributed by atoms with Crippen LogP contribution in [0.25, 0.3) is 54.9 Å². The van der Waals surface area contributed by atoms with Gasteiger partial charge in [-0.3, -0.25) is 0 Å². The summed E-state index contributed by atoms with van der Waals surface area (Å²) in [5, 5.41) is 4.89. The fourth-order valence-corrected chi connectivity index (χ4v) is 8.00. The van der Waals surface area contributed by atoms with Crippen LogP contribution < -0.4 is 9.80 Å². The van der Waals surface area contributed by atoms with Crippen molar-refractivity contribution >= 4 is 55.7 Å². The normalized spacial score (nSPS) is 11.1. The maximum absolute atomic E-state index is 2.35. The highest BCUT2D eigenvalue weighted by molar-refractivity contribution is 5.91. The van der Waals surface area contributed by atoms with Gasteiger partial charge in [-0.25, -0.2) is 0 Å². The Morgan fingerprint density at radius 2 is 0.414 bits per heavy atom. The molecular formula is C56H40N2. The van der Waals surface area contributed by atoms with E-state index in [4.69, 9.17) is 0 Å². The van der Waals surface area contributed by atoms with Crippen LogP contribution in [0.4, 0.5) is 34.1 Å². The van der Waals surface area contributed by atoms with E-state index in [0.717, 1.165) is 45.3 Å². The van der Waals surface area contributed by atoms with E-state index >= 15 is 0 Å². The summed E-state index contributed by atoms with van der Waals surface area (Å²) in [6, 6.07) is 87.3. The SMILES string of the molecule is c1ccc(-c2ccc(N(c3ccc(-c4ccc(N(c5ccc(-c6ccccc6)cc5)c5ccc6ccccc6c5)cc4)cc3)c3ccc4ccccc4c3)cc2)cc1. The molecular weight excluding hydrogens is 701 g/mol. The fourth-order valence-electron chi connectivity index (χ4n) is 8.00. The summed E-state index contributed by atoms with van der Waals surface area (Å²) in [6.07, 6.45) is 0. The van der Waals surface area contributed by atoms with Crippen molar-refractivity contribution in [3.63, 3.8) is 0 Å². The predicted octanol–water partition coefficient (Wildman–Crippen LogP) is 15.9. The molecule has 10 aromatic rings. The van der Waals surface area contributed by atoms with Gasteiger partial charge in [0.1, 0.15) is 0 Å². The topological polar surface area (TPSA) is 6.48 Å². The van der Waals surface area contributed by atoms with Crippen molar-refractivity contribution in [2.24, 2.45) is 0 Å². The molecule has 58 heavy (non-hydrogen) atoms. The number of nitrogens with zero attached hydrogens (tertiary/aromatic N) is 2. The average Bonchev–Trinajstić information content (AvgIpc) is 3.31. The molecule has 2 nitrogen and oxygen atoms in total. The predicted molar refractivity (Wildman–Crippen MR) is 247 cm³/mol. The van der Waals surface area contributed by atoms with Gasteiger partial charge in [0.25, 0.3) is 0 Å². The van der Waals surface area contributed by atoms with Crippen LogP contribution in [0, 0.1) is 0 Å². The van der Waals surface area contributed by atoms with Crippen LogP contribution in [-0.4, -0.2) is 0 Å². The lowest BCUT2D eigenvalue weighted by molar-refractivity contribution is 1.28. The number of fused-ring (bicyclic) bond motifs is 2. The van der Waals surface area contributed by atoms with E-state index in [0.29, 0.717) is 0 Å². The second kappa shape index (κ2) is 15.5. The van der Waals surface area contributed by atoms with E-state index < -0.39 is 0 Å². The molecule has 0 spiro atoms. The van der Waals surface area contributed by atoms with E-state index in [1.807, 2.05) is 0 Å². The van der Waals surface area contributed by atoms with E-state index in [-0.39, 0.29) is 0 Å². The van der Waals surface area contributed by atoms with Crippen molar-refractivity contribution in [1.29, 1.82) is 0 Å². The van der Waals surface area contributed by atoms with Crippen molar-refractivity contribution in [3.05, 3.63) is 243 Å². The highest BCUT2D eigenvalue weighted by atomic mass is 15.1. The van der Waals surface area contributed by atoms with Gasteiger partial charge in [-0.15, -0.1) is 0 Å². The first-order valence-corrected chi connectivity index (χ1v) is 19.8. The van der Waals surface area contributed by atoms with Crippen LogP contribution in [0.5, 0.6) is 0 Å². The minimum absolute atomic E-state index is 1.10. The summed E-state index contributed by atoms with van der Waals surface area (Å²) in [7, 11) is 0. The second-order valence-electron chi connectivity index (χ2n) is 14.7. The Hall–Kier alpha value is -7.68. The number of anilines is 6. The Morgan fingerprint density at radius 1 is 0.172 bits per heavy atom. The van der Waals surface area contributed by atoms with Gasteiger partial charge in [-0.05, 0) is 128 Å². The third-order valence-corrected chi connectivity index (χ3v) is 11.0. The number of rotatable bonds is 9. The van der Waals surface area contributed by atoms with E-state index in [2.05, 4.69) is 252 Å². The van der Waals surface area contributed by atoms with Gasteiger partial charge in [0.15, 0.2) is 0 Å². The van der Waals surface area contributed by atoms with Gasteiger partial charge in [0, 0.05) is 34.1 Å². The Kier molecular flexibility index (Phi) is 9.27. The maximum Gasteiger partial charge on any atom is 0.0468 e. The van der Waals surface area contributed by atoms with Crippen molar-refractivity contribution < 1.29 is 0 Å². The molecule has 274 valence electrons. The minimum atomic E-state index is 1.10. The third-order valence-electron chi connectivity index (χ3n) is 11.0. The molecule has 10 aromatic carbocycles. The Balaban J connectivity index is 0.983. The van der Waals surface area contributed by atoms with Crippen LogP contribution in [0.2, 0.25) is 0 Å². The number of benzene rings is 10. The van der Waals surface area contributed by atoms with Gasteiger partial charge in [0.05, 0.1) is 0 Å². The number of hydrogen-bond donors (Lipinski definition) is 0. The molecule has 0 bridgehead atoms. The third kappa shape index (κ3) is 7.00. The number of hydrogen-bond acceptors (Lipinski definition) is 2. The van der Waals surface area contributed by atoms with Crippen LogP contribution in [0.3, 0.4) is 0 Å². The van der Waals surface area contributed by atoms with Crippen LogP contribution >= 0.6 is 0 Å². The molecule has 0 N–H and O–H groups in total. The summed E-state index contributed by atoms with van der Waals surface area (Å²) < 4.78 is 0. The molecule has 10 rings (SSSR count). The van der Waals surface area contributed by atoms with Crippen molar-refractivity contribution in [2.45, 2.75) is 0 Å². The van der Waals surface area contributed by atoms with E-state index in [1.165, 1.54) is 43.8 Å². The lowest BCUT2D eigenvalue weighted by atomic mass is 10.0. The Morgan fingerprint density at radius 3 is 0.724 bits per heavy atom. The first-order valence-electron chi connectivity index (χ1n) is 19.8. The standard InChI is InChI=1S/C56H40N2/c1-3-11-41(12-4-1)45-19-29-51(30-20-45)57(55-37-27-43-15-7-9-17-49(43)39-55)53-33-23-47(24-34-53)48-25-35-54(36-26-48)58(56-38-28-44-16-8-10-18-50(44)40-56)52-31-21-46(22-32-52)42-13-5-2-6-14-42/h1-40H. The lowest BCUT2D eigenvalue weighted by Gasteiger charge is -2.27. The summed E-state index contributed by atoms with van der Waals surface area (Å²) in [5.41, 5.74) is 13.8.